The van der Waals surface area contributed by atoms with Crippen LogP contribution in [0.3, 0.4) is 0 Å². The van der Waals surface area contributed by atoms with Crippen molar-refractivity contribution in [1.29, 1.82) is 0 Å². The molecule has 0 aliphatic carbocycles. The highest BCUT2D eigenvalue weighted by Gasteiger charge is 2.23. The van der Waals surface area contributed by atoms with Gasteiger partial charge in [-0.05, 0) is 60.9 Å². The van der Waals surface area contributed by atoms with Crippen molar-refractivity contribution in [1.82, 2.24) is 15.0 Å². The minimum atomic E-state index is -0.186. The van der Waals surface area contributed by atoms with Crippen LogP contribution >= 0.6 is 11.3 Å². The van der Waals surface area contributed by atoms with E-state index in [1.54, 1.807) is 17.5 Å². The van der Waals surface area contributed by atoms with Crippen molar-refractivity contribution in [2.45, 2.75) is 26.2 Å². The van der Waals surface area contributed by atoms with Crippen molar-refractivity contribution in [3.8, 4) is 0 Å². The number of nitrogens with one attached hydrogen (secondary N) is 2. The van der Waals surface area contributed by atoms with E-state index in [-0.39, 0.29) is 6.04 Å². The lowest BCUT2D eigenvalue weighted by Gasteiger charge is -2.21. The minimum absolute atomic E-state index is 0.186. The zero-order valence-electron chi connectivity index (χ0n) is 18.1. The molecule has 0 aliphatic heterocycles. The van der Waals surface area contributed by atoms with Crippen molar-refractivity contribution in [2.75, 3.05) is 5.32 Å². The number of rotatable bonds is 6. The van der Waals surface area contributed by atoms with Gasteiger partial charge in [-0.15, -0.1) is 11.3 Å². The largest absolute Gasteiger partial charge is 0.372 e. The van der Waals surface area contributed by atoms with Gasteiger partial charge in [0.15, 0.2) is 0 Å². The number of benzene rings is 2. The first-order valence-electron chi connectivity index (χ1n) is 10.6. The summed E-state index contributed by atoms with van der Waals surface area (Å²) < 4.78 is 1.06. The quantitative estimate of drug-likeness (QED) is 0.307. The van der Waals surface area contributed by atoms with Gasteiger partial charge in [-0.1, -0.05) is 30.6 Å². The highest BCUT2D eigenvalue weighted by Crippen LogP contribution is 2.39. The summed E-state index contributed by atoms with van der Waals surface area (Å²) in [6.07, 6.45) is 6.17. The molecular formula is C26H23BN4S. The molecule has 0 amide bonds. The van der Waals surface area contributed by atoms with Crippen LogP contribution in [0.4, 0.5) is 5.69 Å². The van der Waals surface area contributed by atoms with Crippen LogP contribution in [0.25, 0.3) is 26.7 Å². The van der Waals surface area contributed by atoms with Crippen molar-refractivity contribution in [3.05, 3.63) is 94.9 Å². The number of hydrogen-bond acceptors (Lipinski definition) is 4. The van der Waals surface area contributed by atoms with Crippen molar-refractivity contribution in [2.24, 2.45) is 0 Å². The van der Waals surface area contributed by atoms with Crippen LogP contribution in [-0.2, 0) is 6.32 Å². The molecule has 32 heavy (non-hydrogen) atoms. The van der Waals surface area contributed by atoms with Crippen molar-refractivity contribution in [3.63, 3.8) is 0 Å². The highest BCUT2D eigenvalue weighted by molar-refractivity contribution is 7.18. The maximum absolute atomic E-state index is 5.90. The van der Waals surface area contributed by atoms with Gasteiger partial charge in [-0.3, -0.25) is 4.98 Å². The van der Waals surface area contributed by atoms with Crippen LogP contribution in [0.5, 0.6) is 0 Å². The van der Waals surface area contributed by atoms with Crippen LogP contribution in [0, 0.1) is 13.8 Å². The average Bonchev–Trinajstić information content (AvgIpc) is 3.40. The molecule has 0 aliphatic rings. The fourth-order valence-electron chi connectivity index (χ4n) is 4.16. The summed E-state index contributed by atoms with van der Waals surface area (Å²) >= 11 is 1.64. The van der Waals surface area contributed by atoms with E-state index in [4.69, 9.17) is 12.8 Å². The van der Waals surface area contributed by atoms with Crippen molar-refractivity contribution < 1.29 is 0 Å². The predicted octanol–water partition coefficient (Wildman–Crippen LogP) is 6.32. The van der Waals surface area contributed by atoms with Crippen LogP contribution in [0.2, 0.25) is 0 Å². The third-order valence-electron chi connectivity index (χ3n) is 5.66. The molecule has 1 unspecified atom stereocenters. The maximum atomic E-state index is 5.90. The van der Waals surface area contributed by atoms with Crippen molar-refractivity contribution >= 4 is 51.6 Å². The molecule has 3 heterocycles. The summed E-state index contributed by atoms with van der Waals surface area (Å²) in [7, 11) is 5.90. The number of thiazole rings is 1. The summed E-state index contributed by atoms with van der Waals surface area (Å²) in [4.78, 5) is 12.6. The SMILES string of the molecule is [B]Cc1ccc2[nH]cc(C(=C)C(Nc3cc(C)cc(C)c3)c3nc4ccncc4s3)c2c1. The average molecular weight is 434 g/mol. The monoisotopic (exact) mass is 434 g/mol. The molecule has 6 heteroatoms. The van der Waals surface area contributed by atoms with Crippen LogP contribution in [-0.4, -0.2) is 22.8 Å². The molecule has 2 N–H and O–H groups in total. The van der Waals surface area contributed by atoms with E-state index in [1.165, 1.54) is 11.1 Å². The van der Waals surface area contributed by atoms with E-state index < -0.39 is 0 Å². The number of aromatic amines is 1. The van der Waals surface area contributed by atoms with Gasteiger partial charge in [0, 0.05) is 40.7 Å². The Balaban J connectivity index is 1.62. The van der Waals surface area contributed by atoms with Gasteiger partial charge < -0.3 is 10.3 Å². The Bertz CT molecular complexity index is 1400. The van der Waals surface area contributed by atoms with Gasteiger partial charge in [0.25, 0.3) is 0 Å². The predicted molar refractivity (Wildman–Crippen MR) is 136 cm³/mol. The van der Waals surface area contributed by atoms with Gasteiger partial charge in [-0.25, -0.2) is 4.98 Å². The number of nitrogens with zero attached hydrogens (tertiary/aromatic N) is 2. The molecule has 156 valence electrons. The lowest BCUT2D eigenvalue weighted by Crippen LogP contribution is -2.12. The number of hydrogen-bond donors (Lipinski definition) is 2. The highest BCUT2D eigenvalue weighted by atomic mass is 32.1. The third-order valence-corrected chi connectivity index (χ3v) is 6.73. The standard InChI is InChI=1S/C26H23BN4S/c1-15-8-16(2)10-19(9-15)30-25(26-31-23-6-7-28-14-24(23)32-26)17(3)21-13-29-22-5-4-18(12-27)11-20(21)22/h4-11,13-14,25,29-30H,3,12H2,1-2H3. The second-order valence-corrected chi connectivity index (χ2v) is 9.22. The van der Waals surface area contributed by atoms with Crippen LogP contribution in [0.1, 0.15) is 33.3 Å². The molecular weight excluding hydrogens is 411 g/mol. The van der Waals surface area contributed by atoms with E-state index >= 15 is 0 Å². The topological polar surface area (TPSA) is 53.6 Å². The van der Waals surface area contributed by atoms with E-state index in [1.807, 2.05) is 18.5 Å². The zero-order chi connectivity index (χ0) is 22.2. The van der Waals surface area contributed by atoms with Gasteiger partial charge in [0.2, 0.25) is 0 Å². The first-order chi connectivity index (χ1) is 15.5. The van der Waals surface area contributed by atoms with E-state index in [2.05, 4.69) is 72.1 Å². The summed E-state index contributed by atoms with van der Waals surface area (Å²) in [5.74, 6) is 0. The smallest absolute Gasteiger partial charge is 0.121 e. The number of pyridine rings is 1. The Labute approximate surface area is 192 Å². The number of H-pyrrole nitrogens is 1. The fourth-order valence-corrected chi connectivity index (χ4v) is 5.18. The summed E-state index contributed by atoms with van der Waals surface area (Å²) in [6.45, 7) is 8.75. The van der Waals surface area contributed by atoms with Gasteiger partial charge in [0.1, 0.15) is 11.0 Å². The third kappa shape index (κ3) is 3.82. The Morgan fingerprint density at radius 1 is 1.16 bits per heavy atom. The van der Waals surface area contributed by atoms with Gasteiger partial charge in [-0.2, -0.15) is 0 Å². The molecule has 0 saturated heterocycles. The van der Waals surface area contributed by atoms with Gasteiger partial charge >= 0.3 is 0 Å². The van der Waals surface area contributed by atoms with Crippen LogP contribution in [0.15, 0.2) is 67.6 Å². The van der Waals surface area contributed by atoms with Gasteiger partial charge in [0.05, 0.1) is 18.1 Å². The summed E-state index contributed by atoms with van der Waals surface area (Å²) in [5, 5.41) is 5.79. The molecule has 0 spiro atoms. The Morgan fingerprint density at radius 2 is 1.97 bits per heavy atom. The molecule has 1 atom stereocenters. The molecule has 4 nitrogen and oxygen atoms in total. The second kappa shape index (κ2) is 8.28. The minimum Gasteiger partial charge on any atom is -0.372 e. The number of aromatic nitrogens is 3. The molecule has 2 radical (unpaired) electrons. The summed E-state index contributed by atoms with van der Waals surface area (Å²) in [5.41, 5.74) is 8.60. The number of anilines is 1. The zero-order valence-corrected chi connectivity index (χ0v) is 19.0. The van der Waals surface area contributed by atoms with E-state index in [9.17, 15) is 0 Å². The molecule has 5 aromatic rings. The molecule has 5 rings (SSSR count). The van der Waals surface area contributed by atoms with E-state index in [0.717, 1.165) is 48.5 Å². The molecule has 3 aromatic heterocycles. The normalized spacial score (nSPS) is 12.3. The molecule has 0 fully saturated rings. The molecule has 0 saturated carbocycles. The second-order valence-electron chi connectivity index (χ2n) is 8.16. The Morgan fingerprint density at radius 3 is 2.72 bits per heavy atom. The number of fused-ring (bicyclic) bond motifs is 2. The lowest BCUT2D eigenvalue weighted by molar-refractivity contribution is 0.990. The first-order valence-corrected chi connectivity index (χ1v) is 11.4. The fraction of sp³-hybridized carbons (Fsp3) is 0.154. The summed E-state index contributed by atoms with van der Waals surface area (Å²) in [6, 6.07) is 14.5. The number of aryl methyl sites for hydroxylation is 2. The van der Waals surface area contributed by atoms with E-state index in [0.29, 0.717) is 6.32 Å². The molecule has 0 bridgehead atoms. The lowest BCUT2D eigenvalue weighted by atomic mass is 9.93. The van der Waals surface area contributed by atoms with Crippen LogP contribution < -0.4 is 5.32 Å². The Hall–Kier alpha value is -3.38. The molecule has 2 aromatic carbocycles. The maximum Gasteiger partial charge on any atom is 0.121 e. The Kier molecular flexibility index (Phi) is 5.31. The first kappa shape index (κ1) is 20.5.